The number of nitrogens with one attached hydrogen (secondary N) is 1. The van der Waals surface area contributed by atoms with Gasteiger partial charge >= 0.3 is 0 Å². The molecule has 5 nitrogen and oxygen atoms in total. The van der Waals surface area contributed by atoms with Crippen molar-refractivity contribution in [3.63, 3.8) is 0 Å². The summed E-state index contributed by atoms with van der Waals surface area (Å²) >= 11 is 0. The van der Waals surface area contributed by atoms with Crippen molar-refractivity contribution in [3.05, 3.63) is 29.8 Å². The predicted molar refractivity (Wildman–Crippen MR) is 71.9 cm³/mol. The van der Waals surface area contributed by atoms with E-state index in [-0.39, 0.29) is 18.2 Å². The first-order valence-corrected chi connectivity index (χ1v) is 7.11. The van der Waals surface area contributed by atoms with Crippen LogP contribution in [0.4, 0.5) is 0 Å². The highest BCUT2D eigenvalue weighted by Crippen LogP contribution is 2.09. The Labute approximate surface area is 114 Å². The van der Waals surface area contributed by atoms with Crippen molar-refractivity contribution in [2.24, 2.45) is 0 Å². The van der Waals surface area contributed by atoms with Gasteiger partial charge in [0.2, 0.25) is 10.0 Å². The third-order valence-electron chi connectivity index (χ3n) is 2.36. The lowest BCUT2D eigenvalue weighted by atomic mass is 10.2. The third-order valence-corrected chi connectivity index (χ3v) is 3.80. The molecule has 19 heavy (non-hydrogen) atoms. The molecular weight excluding hydrogens is 266 g/mol. The first-order chi connectivity index (χ1) is 8.99. The van der Waals surface area contributed by atoms with Crippen LogP contribution >= 0.6 is 0 Å². The van der Waals surface area contributed by atoms with E-state index in [2.05, 4.69) is 10.6 Å². The number of aryl methyl sites for hydroxylation is 1. The monoisotopic (exact) mass is 283 g/mol. The molecule has 0 spiro atoms. The van der Waals surface area contributed by atoms with Gasteiger partial charge in [0, 0.05) is 13.7 Å². The van der Waals surface area contributed by atoms with Crippen LogP contribution in [0.3, 0.4) is 0 Å². The molecule has 0 saturated carbocycles. The maximum atomic E-state index is 12.0. The summed E-state index contributed by atoms with van der Waals surface area (Å²) in [6.07, 6.45) is 4.57. The van der Waals surface area contributed by atoms with Gasteiger partial charge in [0.1, 0.15) is 12.9 Å². The molecule has 1 rings (SSSR count). The summed E-state index contributed by atoms with van der Waals surface area (Å²) in [5.74, 6) is 2.34. The van der Waals surface area contributed by atoms with Gasteiger partial charge in [-0.25, -0.2) is 13.1 Å². The van der Waals surface area contributed by atoms with Gasteiger partial charge in [-0.2, -0.15) is 0 Å². The third kappa shape index (κ3) is 5.01. The van der Waals surface area contributed by atoms with Gasteiger partial charge in [-0.15, -0.1) is 6.42 Å². The molecule has 0 unspecified atom stereocenters. The highest BCUT2D eigenvalue weighted by Gasteiger charge is 2.15. The fourth-order valence-corrected chi connectivity index (χ4v) is 2.33. The smallest absolute Gasteiger partial charge is 0.240 e. The summed E-state index contributed by atoms with van der Waals surface area (Å²) in [5, 5.41) is 0. The van der Waals surface area contributed by atoms with E-state index in [1.165, 1.54) is 7.11 Å². The molecule has 1 atom stereocenters. The van der Waals surface area contributed by atoms with E-state index in [4.69, 9.17) is 15.9 Å². The molecule has 0 aliphatic carbocycles. The van der Waals surface area contributed by atoms with Crippen LogP contribution in [0.25, 0.3) is 0 Å². The van der Waals surface area contributed by atoms with Crippen LogP contribution in [-0.2, 0) is 19.5 Å². The minimum atomic E-state index is -3.57. The normalized spacial score (nSPS) is 12.9. The van der Waals surface area contributed by atoms with Crippen molar-refractivity contribution in [1.82, 2.24) is 4.72 Å². The number of hydrogen-bond donors (Lipinski definition) is 1. The molecule has 0 heterocycles. The Bertz CT molecular complexity index is 531. The summed E-state index contributed by atoms with van der Waals surface area (Å²) in [5.41, 5.74) is 0.990. The zero-order chi connectivity index (χ0) is 14.3. The predicted octanol–water partition coefficient (Wildman–Crippen LogP) is 0.896. The van der Waals surface area contributed by atoms with Gasteiger partial charge in [0.05, 0.1) is 4.90 Å². The van der Waals surface area contributed by atoms with E-state index in [0.29, 0.717) is 0 Å². The Morgan fingerprint density at radius 1 is 1.37 bits per heavy atom. The Balaban J connectivity index is 2.65. The molecule has 6 heteroatoms. The van der Waals surface area contributed by atoms with Gasteiger partial charge in [0.25, 0.3) is 0 Å². The van der Waals surface area contributed by atoms with Crippen LogP contribution in [0.1, 0.15) is 5.56 Å². The molecule has 1 N–H and O–H groups in total. The largest absolute Gasteiger partial charge is 0.359 e. The quantitative estimate of drug-likeness (QED) is 0.596. The Hall–Kier alpha value is -1.39. The van der Waals surface area contributed by atoms with Crippen molar-refractivity contribution >= 4 is 10.0 Å². The summed E-state index contributed by atoms with van der Waals surface area (Å²) in [6.45, 7) is 1.90. The van der Waals surface area contributed by atoms with Gasteiger partial charge in [-0.3, -0.25) is 0 Å². The number of methoxy groups -OCH3 is 1. The second-order valence-electron chi connectivity index (χ2n) is 3.89. The van der Waals surface area contributed by atoms with Crippen LogP contribution in [0.15, 0.2) is 29.2 Å². The molecule has 0 bridgehead atoms. The van der Waals surface area contributed by atoms with Gasteiger partial charge in [0.15, 0.2) is 0 Å². The van der Waals surface area contributed by atoms with E-state index in [0.717, 1.165) is 5.56 Å². The first-order valence-electron chi connectivity index (χ1n) is 5.62. The molecule has 104 valence electrons. The average molecular weight is 283 g/mol. The first kappa shape index (κ1) is 15.7. The van der Waals surface area contributed by atoms with Crippen molar-refractivity contribution in [2.45, 2.75) is 17.9 Å². The molecule has 0 aliphatic rings. The van der Waals surface area contributed by atoms with E-state index in [1.807, 2.05) is 6.92 Å². The van der Waals surface area contributed by atoms with E-state index in [1.54, 1.807) is 24.3 Å². The fraction of sp³-hybridized carbons (Fsp3) is 0.385. The van der Waals surface area contributed by atoms with Crippen LogP contribution in [0.5, 0.6) is 0 Å². The van der Waals surface area contributed by atoms with Gasteiger partial charge in [-0.1, -0.05) is 23.6 Å². The Morgan fingerprint density at radius 3 is 2.53 bits per heavy atom. The SMILES string of the molecule is C#C[C@@H](CNS(=O)(=O)c1ccc(C)cc1)OCOC. The lowest BCUT2D eigenvalue weighted by Crippen LogP contribution is -2.33. The van der Waals surface area contributed by atoms with E-state index in [9.17, 15) is 8.42 Å². The topological polar surface area (TPSA) is 64.6 Å². The summed E-state index contributed by atoms with van der Waals surface area (Å²) in [7, 11) is -2.11. The van der Waals surface area contributed by atoms with Crippen molar-refractivity contribution in [1.29, 1.82) is 0 Å². The molecular formula is C13H17NO4S. The maximum Gasteiger partial charge on any atom is 0.240 e. The highest BCUT2D eigenvalue weighted by molar-refractivity contribution is 7.89. The number of rotatable bonds is 7. The summed E-state index contributed by atoms with van der Waals surface area (Å²) < 4.78 is 36.2. The second kappa shape index (κ2) is 7.26. The minimum Gasteiger partial charge on any atom is -0.359 e. The Morgan fingerprint density at radius 2 is 2.00 bits per heavy atom. The minimum absolute atomic E-state index is 0.00390. The van der Waals surface area contributed by atoms with Crippen molar-refractivity contribution < 1.29 is 17.9 Å². The van der Waals surface area contributed by atoms with Gasteiger partial charge < -0.3 is 9.47 Å². The van der Waals surface area contributed by atoms with Gasteiger partial charge in [-0.05, 0) is 19.1 Å². The van der Waals surface area contributed by atoms with Crippen LogP contribution in [0, 0.1) is 19.3 Å². The van der Waals surface area contributed by atoms with Crippen LogP contribution in [-0.4, -0.2) is 35.0 Å². The number of ether oxygens (including phenoxy) is 2. The average Bonchev–Trinajstić information content (AvgIpc) is 2.39. The zero-order valence-corrected chi connectivity index (χ0v) is 11.7. The summed E-state index contributed by atoms with van der Waals surface area (Å²) in [6, 6.07) is 6.54. The highest BCUT2D eigenvalue weighted by atomic mass is 32.2. The van der Waals surface area contributed by atoms with Crippen molar-refractivity contribution in [2.75, 3.05) is 20.4 Å². The summed E-state index contributed by atoms with van der Waals surface area (Å²) in [4.78, 5) is 0.195. The van der Waals surface area contributed by atoms with Crippen LogP contribution < -0.4 is 4.72 Å². The molecule has 0 aromatic heterocycles. The molecule has 0 radical (unpaired) electrons. The van der Waals surface area contributed by atoms with Crippen LogP contribution in [0.2, 0.25) is 0 Å². The lowest BCUT2D eigenvalue weighted by Gasteiger charge is -2.13. The number of sulfonamides is 1. The molecule has 0 amide bonds. The number of terminal acetylenes is 1. The molecule has 0 fully saturated rings. The lowest BCUT2D eigenvalue weighted by molar-refractivity contribution is -0.0501. The fourth-order valence-electron chi connectivity index (χ4n) is 1.30. The second-order valence-corrected chi connectivity index (χ2v) is 5.66. The molecule has 0 saturated heterocycles. The molecule has 1 aromatic carbocycles. The Kier molecular flexibility index (Phi) is 5.99. The molecule has 1 aromatic rings. The number of hydrogen-bond acceptors (Lipinski definition) is 4. The van der Waals surface area contributed by atoms with Crippen molar-refractivity contribution in [3.8, 4) is 12.3 Å². The molecule has 0 aliphatic heterocycles. The zero-order valence-electron chi connectivity index (χ0n) is 10.9. The van der Waals surface area contributed by atoms with E-state index < -0.39 is 16.1 Å². The maximum absolute atomic E-state index is 12.0. The van der Waals surface area contributed by atoms with E-state index >= 15 is 0 Å². The number of benzene rings is 1. The standard InChI is InChI=1S/C13H17NO4S/c1-4-12(18-10-17-3)9-14-19(15,16)13-7-5-11(2)6-8-13/h1,5-8,12,14H,9-10H2,2-3H3/t12-/m0/s1.